The van der Waals surface area contributed by atoms with Crippen molar-refractivity contribution in [2.45, 2.75) is 39.0 Å². The van der Waals surface area contributed by atoms with Crippen LogP contribution in [-0.4, -0.2) is 41.0 Å². The van der Waals surface area contributed by atoms with Crippen LogP contribution in [0.5, 0.6) is 5.75 Å². The van der Waals surface area contributed by atoms with Gasteiger partial charge in [-0.15, -0.1) is 0 Å². The van der Waals surface area contributed by atoms with Gasteiger partial charge in [0.1, 0.15) is 17.5 Å². The van der Waals surface area contributed by atoms with E-state index in [1.165, 1.54) is 0 Å². The lowest BCUT2D eigenvalue weighted by Crippen LogP contribution is -2.41. The fraction of sp³-hybridized carbons (Fsp3) is 0.533. The van der Waals surface area contributed by atoms with Gasteiger partial charge in [0.25, 0.3) is 0 Å². The second kappa shape index (κ2) is 5.71. The molecule has 0 unspecified atom stereocenters. The van der Waals surface area contributed by atoms with Crippen molar-refractivity contribution in [3.8, 4) is 5.75 Å². The smallest absolute Gasteiger partial charge is 0.410 e. The van der Waals surface area contributed by atoms with Gasteiger partial charge in [-0.1, -0.05) is 18.2 Å². The highest BCUT2D eigenvalue weighted by atomic mass is 16.6. The van der Waals surface area contributed by atoms with Gasteiger partial charge in [-0.2, -0.15) is 0 Å². The van der Waals surface area contributed by atoms with Gasteiger partial charge in [-0.25, -0.2) is 4.79 Å². The molecule has 20 heavy (non-hydrogen) atoms. The van der Waals surface area contributed by atoms with Gasteiger partial charge >= 0.3 is 6.09 Å². The third-order valence-electron chi connectivity index (χ3n) is 2.91. The monoisotopic (exact) mass is 279 g/mol. The zero-order valence-corrected chi connectivity index (χ0v) is 12.1. The topological polar surface area (TPSA) is 59.0 Å². The highest BCUT2D eigenvalue weighted by molar-refractivity contribution is 5.68. The predicted molar refractivity (Wildman–Crippen MR) is 74.6 cm³/mol. The second-order valence-electron chi connectivity index (χ2n) is 5.89. The molecule has 5 nitrogen and oxygen atoms in total. The average molecular weight is 279 g/mol. The SMILES string of the molecule is CC(C)(C)OC(=O)N1Cc2ccccc2O[C@@H](CO)C1. The largest absolute Gasteiger partial charge is 0.486 e. The molecule has 0 spiro atoms. The van der Waals surface area contributed by atoms with Crippen molar-refractivity contribution in [3.63, 3.8) is 0 Å². The Labute approximate surface area is 119 Å². The molecule has 5 heteroatoms. The molecule has 0 aromatic heterocycles. The number of ether oxygens (including phenoxy) is 2. The third kappa shape index (κ3) is 3.63. The van der Waals surface area contributed by atoms with Crippen molar-refractivity contribution in [3.05, 3.63) is 29.8 Å². The van der Waals surface area contributed by atoms with Crippen molar-refractivity contribution in [1.82, 2.24) is 4.90 Å². The first-order valence-electron chi connectivity index (χ1n) is 6.72. The Balaban J connectivity index is 2.20. The van der Waals surface area contributed by atoms with Gasteiger partial charge < -0.3 is 14.6 Å². The zero-order chi connectivity index (χ0) is 14.8. The molecule has 1 aliphatic heterocycles. The molecule has 1 aliphatic rings. The molecule has 0 bridgehead atoms. The molecule has 1 N–H and O–H groups in total. The first-order valence-corrected chi connectivity index (χ1v) is 6.72. The highest BCUT2D eigenvalue weighted by Crippen LogP contribution is 2.25. The molecule has 110 valence electrons. The predicted octanol–water partition coefficient (Wildman–Crippen LogP) is 2.18. The van der Waals surface area contributed by atoms with Crippen LogP contribution in [0.15, 0.2) is 24.3 Å². The Morgan fingerprint density at radius 2 is 2.15 bits per heavy atom. The Morgan fingerprint density at radius 3 is 2.80 bits per heavy atom. The van der Waals surface area contributed by atoms with Gasteiger partial charge in [0.15, 0.2) is 0 Å². The number of benzene rings is 1. The van der Waals surface area contributed by atoms with Crippen LogP contribution in [0, 0.1) is 0 Å². The van der Waals surface area contributed by atoms with Crippen LogP contribution >= 0.6 is 0 Å². The van der Waals surface area contributed by atoms with E-state index in [1.807, 2.05) is 45.0 Å². The first-order chi connectivity index (χ1) is 9.39. The standard InChI is InChI=1S/C15H21NO4/c1-15(2,3)20-14(18)16-8-11-6-4-5-7-13(11)19-12(9-16)10-17/h4-7,12,17H,8-10H2,1-3H3/t12-/m1/s1. The van der Waals surface area contributed by atoms with E-state index in [-0.39, 0.29) is 6.61 Å². The maximum absolute atomic E-state index is 12.2. The van der Waals surface area contributed by atoms with Crippen LogP contribution in [-0.2, 0) is 11.3 Å². The van der Waals surface area contributed by atoms with Gasteiger partial charge in [-0.3, -0.25) is 4.90 Å². The summed E-state index contributed by atoms with van der Waals surface area (Å²) in [6.07, 6.45) is -0.831. The van der Waals surface area contributed by atoms with Gasteiger partial charge in [0.05, 0.1) is 19.7 Å². The Morgan fingerprint density at radius 1 is 1.45 bits per heavy atom. The minimum atomic E-state index is -0.543. The summed E-state index contributed by atoms with van der Waals surface area (Å²) in [6.45, 7) is 6.07. The summed E-state index contributed by atoms with van der Waals surface area (Å²) in [5, 5.41) is 9.37. The number of hydrogen-bond donors (Lipinski definition) is 1. The van der Waals surface area contributed by atoms with E-state index in [9.17, 15) is 9.90 Å². The maximum Gasteiger partial charge on any atom is 0.410 e. The summed E-state index contributed by atoms with van der Waals surface area (Å²) in [6, 6.07) is 7.52. The van der Waals surface area contributed by atoms with Crippen LogP contribution in [0.4, 0.5) is 4.79 Å². The van der Waals surface area contributed by atoms with E-state index in [0.717, 1.165) is 5.56 Å². The van der Waals surface area contributed by atoms with E-state index < -0.39 is 17.8 Å². The normalized spacial score (nSPS) is 18.8. The van der Waals surface area contributed by atoms with Crippen molar-refractivity contribution in [2.75, 3.05) is 13.2 Å². The number of carbonyl (C=O) groups excluding carboxylic acids is 1. The minimum Gasteiger partial charge on any atom is -0.486 e. The Hall–Kier alpha value is -1.75. The van der Waals surface area contributed by atoms with E-state index in [4.69, 9.17) is 9.47 Å². The summed E-state index contributed by atoms with van der Waals surface area (Å²) < 4.78 is 11.1. The van der Waals surface area contributed by atoms with Crippen molar-refractivity contribution in [1.29, 1.82) is 0 Å². The molecule has 1 aromatic carbocycles. The van der Waals surface area contributed by atoms with E-state index in [0.29, 0.717) is 18.8 Å². The Kier molecular flexibility index (Phi) is 4.18. The van der Waals surface area contributed by atoms with Crippen LogP contribution < -0.4 is 4.74 Å². The molecule has 0 fully saturated rings. The summed E-state index contributed by atoms with van der Waals surface area (Å²) in [4.78, 5) is 13.8. The molecule has 0 aliphatic carbocycles. The van der Waals surface area contributed by atoms with E-state index >= 15 is 0 Å². The fourth-order valence-electron chi connectivity index (χ4n) is 2.04. The molecular weight excluding hydrogens is 258 g/mol. The lowest BCUT2D eigenvalue weighted by atomic mass is 10.2. The number of aliphatic hydroxyl groups excluding tert-OH is 1. The molecule has 0 saturated carbocycles. The lowest BCUT2D eigenvalue weighted by molar-refractivity contribution is 0.0136. The van der Waals surface area contributed by atoms with Crippen LogP contribution in [0.2, 0.25) is 0 Å². The number of rotatable bonds is 1. The quantitative estimate of drug-likeness (QED) is 0.856. The van der Waals surface area contributed by atoms with Crippen molar-refractivity contribution < 1.29 is 19.4 Å². The highest BCUT2D eigenvalue weighted by Gasteiger charge is 2.28. The number of fused-ring (bicyclic) bond motifs is 1. The molecule has 0 saturated heterocycles. The zero-order valence-electron chi connectivity index (χ0n) is 12.1. The van der Waals surface area contributed by atoms with Gasteiger partial charge in [0.2, 0.25) is 0 Å². The fourth-order valence-corrected chi connectivity index (χ4v) is 2.04. The number of para-hydroxylation sites is 1. The van der Waals surface area contributed by atoms with Gasteiger partial charge in [-0.05, 0) is 26.8 Å². The molecular formula is C15H21NO4. The molecule has 1 atom stereocenters. The molecule has 1 amide bonds. The molecule has 1 heterocycles. The molecule has 1 aromatic rings. The van der Waals surface area contributed by atoms with Gasteiger partial charge in [0, 0.05) is 5.56 Å². The van der Waals surface area contributed by atoms with Crippen LogP contribution in [0.25, 0.3) is 0 Å². The summed E-state index contributed by atoms with van der Waals surface area (Å²) >= 11 is 0. The summed E-state index contributed by atoms with van der Waals surface area (Å²) in [7, 11) is 0. The van der Waals surface area contributed by atoms with Crippen molar-refractivity contribution >= 4 is 6.09 Å². The number of carbonyl (C=O) groups is 1. The van der Waals surface area contributed by atoms with Crippen molar-refractivity contribution in [2.24, 2.45) is 0 Å². The second-order valence-corrected chi connectivity index (χ2v) is 5.89. The van der Waals surface area contributed by atoms with Crippen LogP contribution in [0.3, 0.4) is 0 Å². The minimum absolute atomic E-state index is 0.145. The first kappa shape index (κ1) is 14.7. The molecule has 0 radical (unpaired) electrons. The summed E-state index contributed by atoms with van der Waals surface area (Å²) in [5.74, 6) is 0.706. The number of hydrogen-bond acceptors (Lipinski definition) is 4. The number of nitrogens with zero attached hydrogens (tertiary/aromatic N) is 1. The van der Waals surface area contributed by atoms with Crippen LogP contribution in [0.1, 0.15) is 26.3 Å². The number of amides is 1. The molecule has 2 rings (SSSR count). The lowest BCUT2D eigenvalue weighted by Gasteiger charge is -2.27. The summed E-state index contributed by atoms with van der Waals surface area (Å²) in [5.41, 5.74) is 0.368. The van der Waals surface area contributed by atoms with E-state index in [2.05, 4.69) is 0 Å². The van der Waals surface area contributed by atoms with E-state index in [1.54, 1.807) is 4.90 Å². The third-order valence-corrected chi connectivity index (χ3v) is 2.91. The number of aliphatic hydroxyl groups is 1. The Bertz CT molecular complexity index is 481. The average Bonchev–Trinajstić information content (AvgIpc) is 2.55. The maximum atomic E-state index is 12.2.